The van der Waals surface area contributed by atoms with Crippen molar-refractivity contribution in [3.63, 3.8) is 0 Å². The largest absolute Gasteiger partial charge is 0.504 e. The third-order valence-electron chi connectivity index (χ3n) is 3.88. The summed E-state index contributed by atoms with van der Waals surface area (Å²) in [6.07, 6.45) is 0. The van der Waals surface area contributed by atoms with Gasteiger partial charge in [-0.2, -0.15) is 0 Å². The van der Waals surface area contributed by atoms with Crippen LogP contribution in [-0.4, -0.2) is 41.0 Å². The summed E-state index contributed by atoms with van der Waals surface area (Å²) in [6.45, 7) is 1.73. The molecule has 3 heterocycles. The minimum Gasteiger partial charge on any atom is -0.504 e. The van der Waals surface area contributed by atoms with Crippen LogP contribution in [0.15, 0.2) is 34.9 Å². The number of aliphatic hydroxyl groups excluding tert-OH is 1. The smallest absolute Gasteiger partial charge is 0.278 e. The number of aryl methyl sites for hydroxylation is 1. The van der Waals surface area contributed by atoms with Crippen molar-refractivity contribution < 1.29 is 18.3 Å². The van der Waals surface area contributed by atoms with Crippen LogP contribution in [0, 0.1) is 6.92 Å². The monoisotopic (exact) mass is 408 g/mol. The van der Waals surface area contributed by atoms with Crippen LogP contribution >= 0.6 is 22.7 Å². The van der Waals surface area contributed by atoms with E-state index in [-0.39, 0.29) is 26.4 Å². The number of aliphatic hydroxyl groups is 1. The topological polar surface area (TPSA) is 112 Å². The highest BCUT2D eigenvalue weighted by Crippen LogP contribution is 2.44. The first-order chi connectivity index (χ1) is 12.3. The molecule has 1 aliphatic rings. The van der Waals surface area contributed by atoms with Crippen LogP contribution in [0.1, 0.15) is 9.88 Å². The fourth-order valence-corrected chi connectivity index (χ4v) is 6.31. The van der Waals surface area contributed by atoms with Gasteiger partial charge in [-0.1, -0.05) is 29.5 Å². The van der Waals surface area contributed by atoms with Crippen molar-refractivity contribution in [3.8, 4) is 0 Å². The number of nitrogens with one attached hydrogen (secondary N) is 1. The van der Waals surface area contributed by atoms with Crippen LogP contribution in [0.25, 0.3) is 15.8 Å². The van der Waals surface area contributed by atoms with E-state index in [1.54, 1.807) is 31.2 Å². The third-order valence-corrected chi connectivity index (χ3v) is 7.79. The summed E-state index contributed by atoms with van der Waals surface area (Å²) in [5.74, 6) is -1.15. The molecule has 2 N–H and O–H groups in total. The molecule has 0 spiro atoms. The number of hydrogen-bond donors (Lipinski definition) is 2. The Morgan fingerprint density at radius 1 is 1.23 bits per heavy atom. The van der Waals surface area contributed by atoms with Crippen molar-refractivity contribution in [2.24, 2.45) is 0 Å². The minimum absolute atomic E-state index is 0.0152. The lowest BCUT2D eigenvalue weighted by atomic mass is 10.2. The lowest BCUT2D eigenvalue weighted by molar-refractivity contribution is -0.113. The Labute approximate surface area is 156 Å². The molecular weight excluding hydrogens is 396 g/mol. The molecule has 1 amide bonds. The summed E-state index contributed by atoms with van der Waals surface area (Å²) in [5, 5.41) is 22.1. The highest BCUT2D eigenvalue weighted by molar-refractivity contribution is 7.89. The van der Waals surface area contributed by atoms with Gasteiger partial charge in [0, 0.05) is 17.1 Å². The van der Waals surface area contributed by atoms with Crippen molar-refractivity contribution in [1.82, 2.24) is 14.5 Å². The van der Waals surface area contributed by atoms with E-state index in [0.717, 1.165) is 27.0 Å². The number of thiophene rings is 1. The van der Waals surface area contributed by atoms with Gasteiger partial charge in [0.1, 0.15) is 9.90 Å². The minimum atomic E-state index is -3.99. The molecule has 0 radical (unpaired) electrons. The fraction of sp³-hybridized carbons (Fsp3) is 0.133. The average Bonchev–Trinajstić information content (AvgIpc) is 3.17. The van der Waals surface area contributed by atoms with E-state index < -0.39 is 15.9 Å². The molecule has 3 aromatic rings. The number of sulfonamides is 1. The van der Waals surface area contributed by atoms with E-state index in [1.165, 1.54) is 7.05 Å². The number of hydrogen-bond acceptors (Lipinski definition) is 8. The zero-order valence-corrected chi connectivity index (χ0v) is 16.0. The molecule has 8 nitrogen and oxygen atoms in total. The lowest BCUT2D eigenvalue weighted by Gasteiger charge is -2.26. The predicted molar refractivity (Wildman–Crippen MR) is 99.6 cm³/mol. The maximum Gasteiger partial charge on any atom is 0.278 e. The Hall–Kier alpha value is -2.50. The molecule has 0 unspecified atom stereocenters. The Balaban J connectivity index is 1.89. The molecule has 0 saturated heterocycles. The molecule has 1 aromatic carbocycles. The zero-order chi connectivity index (χ0) is 18.6. The standard InChI is InChI=1S/C15H12N4O4S3/c1-7-17-18-15(24-7)16-14(21)10-11(20)12-13(26(22,23)19(10)2)8-5-3-4-6-9(8)25-12/h3-6,20H,1-2H3,(H,16,18,21). The molecular formula is C15H12N4O4S3. The van der Waals surface area contributed by atoms with Gasteiger partial charge < -0.3 is 5.11 Å². The van der Waals surface area contributed by atoms with Gasteiger partial charge in [-0.3, -0.25) is 14.4 Å². The van der Waals surface area contributed by atoms with Crippen molar-refractivity contribution in [1.29, 1.82) is 0 Å². The number of amides is 1. The van der Waals surface area contributed by atoms with Crippen molar-refractivity contribution >= 4 is 59.6 Å². The summed E-state index contributed by atoms with van der Waals surface area (Å²) < 4.78 is 27.5. The SMILES string of the molecule is Cc1nnc(NC(=O)C2=C(O)c3sc4ccccc4c3S(=O)(=O)N2C)s1. The van der Waals surface area contributed by atoms with Crippen LogP contribution in [0.4, 0.5) is 5.13 Å². The normalized spacial score (nSPS) is 16.0. The number of nitrogens with zero attached hydrogens (tertiary/aromatic N) is 3. The van der Waals surface area contributed by atoms with Gasteiger partial charge in [-0.15, -0.1) is 21.5 Å². The molecule has 0 aliphatic carbocycles. The second-order valence-corrected chi connectivity index (χ2v) is 9.65. The van der Waals surface area contributed by atoms with Gasteiger partial charge >= 0.3 is 0 Å². The number of likely N-dealkylation sites (N-methyl/N-ethyl adjacent to an activating group) is 1. The highest BCUT2D eigenvalue weighted by atomic mass is 32.2. The molecule has 26 heavy (non-hydrogen) atoms. The summed E-state index contributed by atoms with van der Waals surface area (Å²) >= 11 is 2.27. The Morgan fingerprint density at radius 2 is 1.96 bits per heavy atom. The number of carbonyl (C=O) groups excluding carboxylic acids is 1. The first-order valence-corrected chi connectivity index (χ1v) is 10.4. The molecule has 0 atom stereocenters. The fourth-order valence-electron chi connectivity index (χ4n) is 2.70. The van der Waals surface area contributed by atoms with E-state index >= 15 is 0 Å². The molecule has 0 saturated carbocycles. The lowest BCUT2D eigenvalue weighted by Crippen LogP contribution is -2.36. The summed E-state index contributed by atoms with van der Waals surface area (Å²) in [5.41, 5.74) is -0.350. The molecule has 0 fully saturated rings. The maximum absolute atomic E-state index is 13.0. The Bertz CT molecular complexity index is 1190. The number of benzene rings is 1. The van der Waals surface area contributed by atoms with Crippen molar-refractivity contribution in [2.45, 2.75) is 11.8 Å². The van der Waals surface area contributed by atoms with Crippen LogP contribution in [0.2, 0.25) is 0 Å². The third kappa shape index (κ3) is 2.39. The maximum atomic E-state index is 13.0. The quantitative estimate of drug-likeness (QED) is 0.674. The number of carbonyl (C=O) groups is 1. The highest BCUT2D eigenvalue weighted by Gasteiger charge is 2.40. The number of fused-ring (bicyclic) bond motifs is 3. The number of anilines is 1. The second kappa shape index (κ2) is 5.76. The van der Waals surface area contributed by atoms with Crippen LogP contribution < -0.4 is 5.32 Å². The Morgan fingerprint density at radius 3 is 2.65 bits per heavy atom. The summed E-state index contributed by atoms with van der Waals surface area (Å²) in [4.78, 5) is 12.8. The molecule has 1 aliphatic heterocycles. The van der Waals surface area contributed by atoms with Gasteiger partial charge in [-0.05, 0) is 13.0 Å². The van der Waals surface area contributed by atoms with Crippen LogP contribution in [-0.2, 0) is 14.8 Å². The Kier molecular flexibility index (Phi) is 3.75. The van der Waals surface area contributed by atoms with E-state index in [1.807, 2.05) is 0 Å². The van der Waals surface area contributed by atoms with Gasteiger partial charge in [-0.25, -0.2) is 8.42 Å². The van der Waals surface area contributed by atoms with Gasteiger partial charge in [0.25, 0.3) is 15.9 Å². The van der Waals surface area contributed by atoms with Crippen molar-refractivity contribution in [3.05, 3.63) is 39.8 Å². The number of aromatic nitrogens is 2. The molecule has 134 valence electrons. The van der Waals surface area contributed by atoms with E-state index in [9.17, 15) is 18.3 Å². The van der Waals surface area contributed by atoms with E-state index in [4.69, 9.17) is 0 Å². The summed E-state index contributed by atoms with van der Waals surface area (Å²) in [6, 6.07) is 6.96. The van der Waals surface area contributed by atoms with Gasteiger partial charge in [0.15, 0.2) is 11.5 Å². The second-order valence-electron chi connectivity index (χ2n) is 5.51. The zero-order valence-electron chi connectivity index (χ0n) is 13.5. The van der Waals surface area contributed by atoms with Gasteiger partial charge in [0.05, 0.1) is 4.88 Å². The molecule has 2 aromatic heterocycles. The van der Waals surface area contributed by atoms with E-state index in [0.29, 0.717) is 15.1 Å². The molecule has 11 heteroatoms. The number of rotatable bonds is 2. The summed E-state index contributed by atoms with van der Waals surface area (Å²) in [7, 11) is -2.75. The predicted octanol–water partition coefficient (Wildman–Crippen LogP) is 2.56. The molecule has 0 bridgehead atoms. The average molecular weight is 408 g/mol. The van der Waals surface area contributed by atoms with Crippen LogP contribution in [0.5, 0.6) is 0 Å². The van der Waals surface area contributed by atoms with Crippen LogP contribution in [0.3, 0.4) is 0 Å². The first-order valence-electron chi connectivity index (χ1n) is 7.36. The molecule has 4 rings (SSSR count). The first kappa shape index (κ1) is 16.9. The van der Waals surface area contributed by atoms with E-state index in [2.05, 4.69) is 15.5 Å². The van der Waals surface area contributed by atoms with Gasteiger partial charge in [0.2, 0.25) is 5.13 Å². The van der Waals surface area contributed by atoms with Crippen molar-refractivity contribution in [2.75, 3.05) is 12.4 Å².